The van der Waals surface area contributed by atoms with Crippen molar-refractivity contribution in [2.45, 2.75) is 12.3 Å². The molecular weight excluding hydrogens is 194 g/mol. The number of halogens is 3. The summed E-state index contributed by atoms with van der Waals surface area (Å²) >= 11 is 0. The van der Waals surface area contributed by atoms with Crippen molar-refractivity contribution in [3.8, 4) is 0 Å². The van der Waals surface area contributed by atoms with Crippen molar-refractivity contribution in [2.75, 3.05) is 13.1 Å². The van der Waals surface area contributed by atoms with Crippen molar-refractivity contribution < 1.29 is 8.78 Å². The molecular formula is C4H11BrF2N2. The third kappa shape index (κ3) is 3.77. The van der Waals surface area contributed by atoms with Crippen LogP contribution >= 0.6 is 17.0 Å². The summed E-state index contributed by atoms with van der Waals surface area (Å²) in [7, 11) is 0. The standard InChI is InChI=1S/C4H7F2N.BrH.H3N/c5-4(6)1-2-7-3-4;;/h7H,1-3H2;1H;1H3. The van der Waals surface area contributed by atoms with Gasteiger partial charge in [0.25, 0.3) is 5.92 Å². The number of nitrogens with one attached hydrogen (secondary N) is 1. The van der Waals surface area contributed by atoms with Crippen LogP contribution in [-0.4, -0.2) is 19.0 Å². The summed E-state index contributed by atoms with van der Waals surface area (Å²) in [6.07, 6.45) is 0.00694. The van der Waals surface area contributed by atoms with E-state index in [1.807, 2.05) is 0 Å². The highest BCUT2D eigenvalue weighted by Gasteiger charge is 2.32. The van der Waals surface area contributed by atoms with Gasteiger partial charge in [-0.05, 0) is 0 Å². The Morgan fingerprint density at radius 1 is 1.33 bits per heavy atom. The molecule has 9 heavy (non-hydrogen) atoms. The van der Waals surface area contributed by atoms with E-state index in [-0.39, 0.29) is 36.1 Å². The third-order valence-electron chi connectivity index (χ3n) is 1.05. The van der Waals surface area contributed by atoms with E-state index in [9.17, 15) is 8.78 Å². The van der Waals surface area contributed by atoms with Crippen LogP contribution in [0.2, 0.25) is 0 Å². The van der Waals surface area contributed by atoms with Gasteiger partial charge in [0.05, 0.1) is 6.54 Å². The van der Waals surface area contributed by atoms with Crippen molar-refractivity contribution in [1.82, 2.24) is 11.5 Å². The normalized spacial score (nSPS) is 22.0. The highest BCUT2D eigenvalue weighted by Crippen LogP contribution is 2.19. The molecule has 0 unspecified atom stereocenters. The highest BCUT2D eigenvalue weighted by molar-refractivity contribution is 8.93. The predicted octanol–water partition coefficient (Wildman–Crippen LogP) is 1.35. The van der Waals surface area contributed by atoms with Gasteiger partial charge in [0.1, 0.15) is 0 Å². The van der Waals surface area contributed by atoms with Gasteiger partial charge in [0.2, 0.25) is 0 Å². The Bertz CT molecular complexity index is 71.0. The maximum absolute atomic E-state index is 11.9. The summed E-state index contributed by atoms with van der Waals surface area (Å²) in [5, 5.41) is 2.56. The zero-order valence-electron chi connectivity index (χ0n) is 4.99. The molecule has 0 bridgehead atoms. The smallest absolute Gasteiger partial charge is 0.261 e. The molecule has 0 aromatic carbocycles. The minimum atomic E-state index is -2.42. The lowest BCUT2D eigenvalue weighted by atomic mass is 10.3. The monoisotopic (exact) mass is 204 g/mol. The van der Waals surface area contributed by atoms with E-state index < -0.39 is 5.92 Å². The predicted molar refractivity (Wildman–Crippen MR) is 37.8 cm³/mol. The van der Waals surface area contributed by atoms with Crippen LogP contribution in [0.5, 0.6) is 0 Å². The van der Waals surface area contributed by atoms with E-state index in [1.165, 1.54) is 0 Å². The maximum atomic E-state index is 11.9. The Hall–Kier alpha value is 0.260. The van der Waals surface area contributed by atoms with Gasteiger partial charge in [0, 0.05) is 13.0 Å². The molecule has 1 fully saturated rings. The van der Waals surface area contributed by atoms with Gasteiger partial charge in [0.15, 0.2) is 0 Å². The van der Waals surface area contributed by atoms with Gasteiger partial charge in [-0.2, -0.15) is 0 Å². The number of rotatable bonds is 0. The zero-order chi connectivity index (χ0) is 5.33. The van der Waals surface area contributed by atoms with E-state index >= 15 is 0 Å². The van der Waals surface area contributed by atoms with Crippen LogP contribution in [0, 0.1) is 0 Å². The van der Waals surface area contributed by atoms with Crippen molar-refractivity contribution >= 4 is 17.0 Å². The average Bonchev–Trinajstić information content (AvgIpc) is 1.84. The lowest BCUT2D eigenvalue weighted by Crippen LogP contribution is -2.18. The molecule has 1 aliphatic heterocycles. The summed E-state index contributed by atoms with van der Waals surface area (Å²) in [4.78, 5) is 0. The van der Waals surface area contributed by atoms with Gasteiger partial charge in [-0.3, -0.25) is 0 Å². The zero-order valence-corrected chi connectivity index (χ0v) is 6.71. The van der Waals surface area contributed by atoms with Gasteiger partial charge < -0.3 is 11.5 Å². The van der Waals surface area contributed by atoms with Crippen LogP contribution in [-0.2, 0) is 0 Å². The second-order valence-corrected chi connectivity index (χ2v) is 1.78. The minimum absolute atomic E-state index is 0. The topological polar surface area (TPSA) is 47.0 Å². The average molecular weight is 205 g/mol. The van der Waals surface area contributed by atoms with E-state index in [1.54, 1.807) is 0 Å². The minimum Gasteiger partial charge on any atom is -0.344 e. The maximum Gasteiger partial charge on any atom is 0.261 e. The first kappa shape index (κ1) is 12.0. The second-order valence-electron chi connectivity index (χ2n) is 1.78. The highest BCUT2D eigenvalue weighted by atomic mass is 79.9. The molecule has 1 heterocycles. The van der Waals surface area contributed by atoms with E-state index in [0.29, 0.717) is 6.54 Å². The van der Waals surface area contributed by atoms with E-state index in [0.717, 1.165) is 0 Å². The molecule has 0 radical (unpaired) electrons. The molecule has 2 nitrogen and oxygen atoms in total. The van der Waals surface area contributed by atoms with E-state index in [2.05, 4.69) is 5.32 Å². The van der Waals surface area contributed by atoms with Crippen LogP contribution in [0.1, 0.15) is 6.42 Å². The van der Waals surface area contributed by atoms with Crippen LogP contribution in [0.3, 0.4) is 0 Å². The first-order chi connectivity index (χ1) is 3.21. The molecule has 0 aliphatic carbocycles. The molecule has 1 saturated heterocycles. The summed E-state index contributed by atoms with van der Waals surface area (Å²) < 4.78 is 23.8. The molecule has 0 saturated carbocycles. The second kappa shape index (κ2) is 4.14. The van der Waals surface area contributed by atoms with Crippen molar-refractivity contribution in [2.24, 2.45) is 0 Å². The molecule has 5 heteroatoms. The first-order valence-electron chi connectivity index (χ1n) is 2.29. The summed E-state index contributed by atoms with van der Waals surface area (Å²) in [6, 6.07) is 0. The molecule has 58 valence electrons. The fourth-order valence-electron chi connectivity index (χ4n) is 0.631. The summed E-state index contributed by atoms with van der Waals surface area (Å²) in [5.74, 6) is -2.42. The van der Waals surface area contributed by atoms with Crippen molar-refractivity contribution in [3.05, 3.63) is 0 Å². The fourth-order valence-corrected chi connectivity index (χ4v) is 0.631. The quantitative estimate of drug-likeness (QED) is 0.627. The Morgan fingerprint density at radius 2 is 1.89 bits per heavy atom. The summed E-state index contributed by atoms with van der Waals surface area (Å²) in [5.41, 5.74) is 0. The lowest BCUT2D eigenvalue weighted by molar-refractivity contribution is 0.0238. The summed E-state index contributed by atoms with van der Waals surface area (Å²) in [6.45, 7) is 0.333. The molecule has 0 aromatic rings. The molecule has 1 rings (SSSR count). The molecule has 0 atom stereocenters. The molecule has 0 spiro atoms. The van der Waals surface area contributed by atoms with Crippen molar-refractivity contribution in [1.29, 1.82) is 0 Å². The van der Waals surface area contributed by atoms with Crippen LogP contribution in [0.25, 0.3) is 0 Å². The Morgan fingerprint density at radius 3 is 2.00 bits per heavy atom. The molecule has 4 N–H and O–H groups in total. The Labute approximate surface area is 63.4 Å². The molecule has 0 amide bonds. The Kier molecular flexibility index (Phi) is 5.51. The van der Waals surface area contributed by atoms with Gasteiger partial charge >= 0.3 is 0 Å². The van der Waals surface area contributed by atoms with E-state index in [4.69, 9.17) is 0 Å². The lowest BCUT2D eigenvalue weighted by Gasteiger charge is -2.02. The van der Waals surface area contributed by atoms with Crippen LogP contribution in [0.15, 0.2) is 0 Å². The number of alkyl halides is 2. The number of hydrogen-bond donors (Lipinski definition) is 2. The Balaban J connectivity index is 0. The first-order valence-corrected chi connectivity index (χ1v) is 2.29. The van der Waals surface area contributed by atoms with Gasteiger partial charge in [-0.1, -0.05) is 0 Å². The number of hydrogen-bond acceptors (Lipinski definition) is 2. The SMILES string of the molecule is Br.FC1(F)CCNC1.N. The van der Waals surface area contributed by atoms with Crippen LogP contribution < -0.4 is 11.5 Å². The molecule has 1 aliphatic rings. The fraction of sp³-hybridized carbons (Fsp3) is 1.00. The van der Waals surface area contributed by atoms with Crippen molar-refractivity contribution in [3.63, 3.8) is 0 Å². The third-order valence-corrected chi connectivity index (χ3v) is 1.05. The van der Waals surface area contributed by atoms with Crippen LogP contribution in [0.4, 0.5) is 8.78 Å². The molecule has 0 aromatic heterocycles. The largest absolute Gasteiger partial charge is 0.344 e. The van der Waals surface area contributed by atoms with Gasteiger partial charge in [-0.15, -0.1) is 17.0 Å². The van der Waals surface area contributed by atoms with Gasteiger partial charge in [-0.25, -0.2) is 8.78 Å².